The van der Waals surface area contributed by atoms with Gasteiger partial charge in [0.25, 0.3) is 0 Å². The van der Waals surface area contributed by atoms with Crippen molar-refractivity contribution in [2.75, 3.05) is 13.1 Å². The predicted octanol–water partition coefficient (Wildman–Crippen LogP) is 1.55. The topological polar surface area (TPSA) is 67.6 Å². The summed E-state index contributed by atoms with van der Waals surface area (Å²) in [7, 11) is 0. The van der Waals surface area contributed by atoms with Crippen molar-refractivity contribution in [2.24, 2.45) is 0 Å². The van der Waals surface area contributed by atoms with Gasteiger partial charge in [0.05, 0.1) is 13.1 Å². The fourth-order valence-corrected chi connectivity index (χ4v) is 2.59. The first-order valence-electron chi connectivity index (χ1n) is 7.61. The SMILES string of the molecule is O=C(Cn1ccc(C(F)(F)F)n1)N1C[C@@H](O)[C@H](Oc2ccccc2)C1. The number of aliphatic hydroxyl groups is 1. The molecule has 2 atom stereocenters. The monoisotopic (exact) mass is 355 g/mol. The third kappa shape index (κ3) is 4.11. The molecule has 0 unspecified atom stereocenters. The number of alkyl halides is 3. The highest BCUT2D eigenvalue weighted by Crippen LogP contribution is 2.27. The second-order valence-corrected chi connectivity index (χ2v) is 5.73. The lowest BCUT2D eigenvalue weighted by Crippen LogP contribution is -2.33. The van der Waals surface area contributed by atoms with Crippen molar-refractivity contribution in [1.29, 1.82) is 0 Å². The Morgan fingerprint density at radius 1 is 1.24 bits per heavy atom. The molecule has 0 aliphatic carbocycles. The van der Waals surface area contributed by atoms with Crippen LogP contribution in [0.15, 0.2) is 42.6 Å². The van der Waals surface area contributed by atoms with E-state index in [2.05, 4.69) is 5.10 Å². The van der Waals surface area contributed by atoms with Crippen LogP contribution in [0, 0.1) is 0 Å². The molecule has 1 aromatic carbocycles. The van der Waals surface area contributed by atoms with Crippen molar-refractivity contribution >= 4 is 5.91 Å². The van der Waals surface area contributed by atoms with Gasteiger partial charge in [0.1, 0.15) is 24.5 Å². The summed E-state index contributed by atoms with van der Waals surface area (Å²) in [6.07, 6.45) is -4.90. The van der Waals surface area contributed by atoms with Gasteiger partial charge in [-0.1, -0.05) is 18.2 Å². The van der Waals surface area contributed by atoms with Crippen LogP contribution in [-0.2, 0) is 17.5 Å². The predicted molar refractivity (Wildman–Crippen MR) is 80.7 cm³/mol. The van der Waals surface area contributed by atoms with E-state index in [0.717, 1.165) is 16.9 Å². The van der Waals surface area contributed by atoms with E-state index in [1.165, 1.54) is 4.90 Å². The summed E-state index contributed by atoms with van der Waals surface area (Å²) in [5.74, 6) is 0.137. The summed E-state index contributed by atoms with van der Waals surface area (Å²) in [5, 5.41) is 13.4. The van der Waals surface area contributed by atoms with Gasteiger partial charge in [0.2, 0.25) is 5.91 Å². The summed E-state index contributed by atoms with van der Waals surface area (Å²) >= 11 is 0. The number of aromatic nitrogens is 2. The number of amides is 1. The number of aliphatic hydroxyl groups excluding tert-OH is 1. The normalized spacial score (nSPS) is 20.7. The number of hydrogen-bond acceptors (Lipinski definition) is 4. The number of para-hydroxylation sites is 1. The molecule has 0 saturated carbocycles. The maximum absolute atomic E-state index is 12.5. The maximum Gasteiger partial charge on any atom is 0.435 e. The van der Waals surface area contributed by atoms with Gasteiger partial charge in [0, 0.05) is 6.20 Å². The van der Waals surface area contributed by atoms with Crippen LogP contribution in [0.3, 0.4) is 0 Å². The van der Waals surface area contributed by atoms with Crippen LogP contribution >= 0.6 is 0 Å². The van der Waals surface area contributed by atoms with E-state index in [9.17, 15) is 23.1 Å². The van der Waals surface area contributed by atoms with Crippen LogP contribution in [0.5, 0.6) is 5.75 Å². The first kappa shape index (κ1) is 17.3. The van der Waals surface area contributed by atoms with Gasteiger partial charge in [-0.3, -0.25) is 9.48 Å². The lowest BCUT2D eigenvalue weighted by molar-refractivity contribution is -0.142. The second-order valence-electron chi connectivity index (χ2n) is 5.73. The van der Waals surface area contributed by atoms with Crippen molar-refractivity contribution in [3.63, 3.8) is 0 Å². The van der Waals surface area contributed by atoms with E-state index in [1.54, 1.807) is 24.3 Å². The number of likely N-dealkylation sites (tertiary alicyclic amines) is 1. The molecule has 1 fully saturated rings. The van der Waals surface area contributed by atoms with Gasteiger partial charge in [-0.05, 0) is 18.2 Å². The molecule has 0 radical (unpaired) electrons. The number of ether oxygens (including phenoxy) is 1. The lowest BCUT2D eigenvalue weighted by atomic mass is 10.2. The van der Waals surface area contributed by atoms with Gasteiger partial charge in [-0.25, -0.2) is 0 Å². The quantitative estimate of drug-likeness (QED) is 0.904. The zero-order chi connectivity index (χ0) is 18.0. The van der Waals surface area contributed by atoms with E-state index < -0.39 is 30.0 Å². The lowest BCUT2D eigenvalue weighted by Gasteiger charge is -2.17. The highest BCUT2D eigenvalue weighted by Gasteiger charge is 2.36. The van der Waals surface area contributed by atoms with Crippen molar-refractivity contribution in [1.82, 2.24) is 14.7 Å². The smallest absolute Gasteiger partial charge is 0.435 e. The molecule has 1 N–H and O–H groups in total. The molecule has 9 heteroatoms. The van der Waals surface area contributed by atoms with Crippen molar-refractivity contribution in [3.8, 4) is 5.75 Å². The number of carbonyl (C=O) groups is 1. The van der Waals surface area contributed by atoms with Crippen LogP contribution in [0.4, 0.5) is 13.2 Å². The van der Waals surface area contributed by atoms with Crippen LogP contribution < -0.4 is 4.74 Å². The minimum Gasteiger partial charge on any atom is -0.486 e. The minimum absolute atomic E-state index is 0.0593. The van der Waals surface area contributed by atoms with Crippen LogP contribution in [0.1, 0.15) is 5.69 Å². The van der Waals surface area contributed by atoms with Gasteiger partial charge >= 0.3 is 6.18 Å². The fraction of sp³-hybridized carbons (Fsp3) is 0.375. The Kier molecular flexibility index (Phi) is 4.67. The highest BCUT2D eigenvalue weighted by molar-refractivity contribution is 5.76. The van der Waals surface area contributed by atoms with Gasteiger partial charge in [-0.2, -0.15) is 18.3 Å². The van der Waals surface area contributed by atoms with Crippen LogP contribution in [-0.4, -0.2) is 51.0 Å². The molecule has 2 heterocycles. The number of halogens is 3. The molecule has 0 bridgehead atoms. The molecule has 0 spiro atoms. The van der Waals surface area contributed by atoms with Crippen LogP contribution in [0.25, 0.3) is 0 Å². The number of rotatable bonds is 4. The van der Waals surface area contributed by atoms with E-state index >= 15 is 0 Å². The molecule has 6 nitrogen and oxygen atoms in total. The zero-order valence-corrected chi connectivity index (χ0v) is 13.1. The summed E-state index contributed by atoms with van der Waals surface area (Å²) < 4.78 is 44.2. The standard InChI is InChI=1S/C16H16F3N3O3/c17-16(18,19)14-6-7-22(20-14)10-15(24)21-8-12(23)13(9-21)25-11-4-2-1-3-5-11/h1-7,12-13,23H,8-10H2/t12-,13-/m1/s1. The Labute approximate surface area is 141 Å². The molecular formula is C16H16F3N3O3. The Balaban J connectivity index is 1.59. The Bertz CT molecular complexity index is 733. The number of hydrogen-bond donors (Lipinski definition) is 1. The molecule has 25 heavy (non-hydrogen) atoms. The van der Waals surface area contributed by atoms with E-state index in [4.69, 9.17) is 4.74 Å². The largest absolute Gasteiger partial charge is 0.486 e. The highest BCUT2D eigenvalue weighted by atomic mass is 19.4. The number of carbonyl (C=O) groups excluding carboxylic acids is 1. The third-order valence-electron chi connectivity index (χ3n) is 3.85. The van der Waals surface area contributed by atoms with Gasteiger partial charge < -0.3 is 14.7 Å². The molecular weight excluding hydrogens is 339 g/mol. The summed E-state index contributed by atoms with van der Waals surface area (Å²) in [6.45, 7) is -0.118. The van der Waals surface area contributed by atoms with Gasteiger partial charge in [-0.15, -0.1) is 0 Å². The molecule has 3 rings (SSSR count). The fourth-order valence-electron chi connectivity index (χ4n) is 2.59. The Morgan fingerprint density at radius 2 is 1.96 bits per heavy atom. The molecule has 1 amide bonds. The molecule has 1 saturated heterocycles. The van der Waals surface area contributed by atoms with Crippen LogP contribution in [0.2, 0.25) is 0 Å². The summed E-state index contributed by atoms with van der Waals surface area (Å²) in [6, 6.07) is 9.69. The Morgan fingerprint density at radius 3 is 2.60 bits per heavy atom. The van der Waals surface area contributed by atoms with Crippen molar-refractivity contribution < 1.29 is 27.8 Å². The summed E-state index contributed by atoms with van der Waals surface area (Å²) in [4.78, 5) is 13.6. The number of benzene rings is 1. The van der Waals surface area contributed by atoms with E-state index in [0.29, 0.717) is 5.75 Å². The molecule has 134 valence electrons. The Hall–Kier alpha value is -2.55. The maximum atomic E-state index is 12.5. The third-order valence-corrected chi connectivity index (χ3v) is 3.85. The molecule has 1 aromatic heterocycles. The van der Waals surface area contributed by atoms with E-state index in [-0.39, 0.29) is 19.6 Å². The first-order chi connectivity index (χ1) is 11.8. The van der Waals surface area contributed by atoms with Crippen molar-refractivity contribution in [3.05, 3.63) is 48.3 Å². The zero-order valence-electron chi connectivity index (χ0n) is 13.1. The minimum atomic E-state index is -4.55. The summed E-state index contributed by atoms with van der Waals surface area (Å²) in [5.41, 5.74) is -1.05. The molecule has 1 aliphatic heterocycles. The average molecular weight is 355 g/mol. The molecule has 1 aliphatic rings. The van der Waals surface area contributed by atoms with Gasteiger partial charge in [0.15, 0.2) is 5.69 Å². The number of nitrogens with zero attached hydrogens (tertiary/aromatic N) is 3. The number of β-amino-alcohol motifs (C(OH)–C–C–N with tert-alkyl or cyclic N) is 1. The van der Waals surface area contributed by atoms with Crippen molar-refractivity contribution in [2.45, 2.75) is 24.9 Å². The average Bonchev–Trinajstić information content (AvgIpc) is 3.16. The first-order valence-corrected chi connectivity index (χ1v) is 7.61. The molecule has 2 aromatic rings. The van der Waals surface area contributed by atoms with E-state index in [1.807, 2.05) is 6.07 Å². The second kappa shape index (κ2) is 6.75.